The summed E-state index contributed by atoms with van der Waals surface area (Å²) in [6.07, 6.45) is 3.07. The Morgan fingerprint density at radius 3 is 2.26 bits per heavy atom. The van der Waals surface area contributed by atoms with Crippen molar-refractivity contribution in [3.8, 4) is 6.01 Å². The van der Waals surface area contributed by atoms with Crippen LogP contribution >= 0.6 is 0 Å². The first kappa shape index (κ1) is 15.9. The van der Waals surface area contributed by atoms with Gasteiger partial charge >= 0.3 is 6.01 Å². The molecule has 2 N–H and O–H groups in total. The van der Waals surface area contributed by atoms with Gasteiger partial charge in [0.2, 0.25) is 0 Å². The molecule has 0 bridgehead atoms. The highest BCUT2D eigenvalue weighted by atomic mass is 28.4. The summed E-state index contributed by atoms with van der Waals surface area (Å²) in [5.74, 6) is 0. The summed E-state index contributed by atoms with van der Waals surface area (Å²) < 4.78 is 11.7. The van der Waals surface area contributed by atoms with Crippen LogP contribution in [0.25, 0.3) is 0 Å². The van der Waals surface area contributed by atoms with Gasteiger partial charge in [-0.3, -0.25) is 0 Å². The van der Waals surface area contributed by atoms with Crippen LogP contribution in [-0.4, -0.2) is 31.0 Å². The number of ether oxygens (including phenoxy) is 1. The molecule has 0 saturated heterocycles. The minimum Gasteiger partial charge on any atom is -0.461 e. The Morgan fingerprint density at radius 1 is 1.26 bits per heavy atom. The maximum Gasteiger partial charge on any atom is 0.316 e. The summed E-state index contributed by atoms with van der Waals surface area (Å²) in [4.78, 5) is 7.99. The van der Waals surface area contributed by atoms with Gasteiger partial charge in [-0.25, -0.2) is 9.97 Å². The van der Waals surface area contributed by atoms with E-state index in [-0.39, 0.29) is 11.1 Å². The molecule has 108 valence electrons. The largest absolute Gasteiger partial charge is 0.461 e. The van der Waals surface area contributed by atoms with Crippen LogP contribution in [-0.2, 0) is 4.43 Å². The fourth-order valence-corrected chi connectivity index (χ4v) is 2.73. The highest BCUT2D eigenvalue weighted by Gasteiger charge is 2.38. The lowest BCUT2D eigenvalue weighted by Crippen LogP contribution is -2.44. The highest BCUT2D eigenvalue weighted by Crippen LogP contribution is 2.37. The SMILES string of the molecule is C[C@H](COc1ncc(N)cn1)O[Si](C)(C)C(C)(C)C. The van der Waals surface area contributed by atoms with Crippen molar-refractivity contribution < 1.29 is 9.16 Å². The number of nitrogens with two attached hydrogens (primary N) is 1. The van der Waals surface area contributed by atoms with Gasteiger partial charge in [-0.15, -0.1) is 0 Å². The van der Waals surface area contributed by atoms with E-state index >= 15 is 0 Å². The average molecular weight is 283 g/mol. The zero-order chi connectivity index (χ0) is 14.7. The number of hydrogen-bond acceptors (Lipinski definition) is 5. The minimum atomic E-state index is -1.76. The van der Waals surface area contributed by atoms with Crippen molar-refractivity contribution in [3.63, 3.8) is 0 Å². The van der Waals surface area contributed by atoms with E-state index in [1.54, 1.807) is 0 Å². The summed E-state index contributed by atoms with van der Waals surface area (Å²) in [7, 11) is -1.76. The lowest BCUT2D eigenvalue weighted by molar-refractivity contribution is 0.123. The van der Waals surface area contributed by atoms with E-state index in [4.69, 9.17) is 14.9 Å². The Bertz CT molecular complexity index is 401. The molecule has 0 aliphatic heterocycles. The van der Waals surface area contributed by atoms with Gasteiger partial charge in [0, 0.05) is 0 Å². The smallest absolute Gasteiger partial charge is 0.316 e. The molecule has 0 spiro atoms. The third-order valence-corrected chi connectivity index (χ3v) is 8.00. The van der Waals surface area contributed by atoms with Crippen LogP contribution in [0.15, 0.2) is 12.4 Å². The maximum absolute atomic E-state index is 6.18. The van der Waals surface area contributed by atoms with Crippen molar-refractivity contribution in [2.24, 2.45) is 0 Å². The average Bonchev–Trinajstić information content (AvgIpc) is 2.26. The molecule has 0 saturated carbocycles. The monoisotopic (exact) mass is 283 g/mol. The van der Waals surface area contributed by atoms with Crippen LogP contribution in [0.1, 0.15) is 27.7 Å². The number of nitrogen functional groups attached to an aromatic ring is 1. The van der Waals surface area contributed by atoms with Crippen LogP contribution in [0.4, 0.5) is 5.69 Å². The molecule has 0 aromatic carbocycles. The number of rotatable bonds is 5. The molecule has 19 heavy (non-hydrogen) atoms. The molecule has 1 heterocycles. The van der Waals surface area contributed by atoms with E-state index < -0.39 is 8.32 Å². The molecule has 0 fully saturated rings. The molecule has 1 aromatic rings. The summed E-state index contributed by atoms with van der Waals surface area (Å²) in [5.41, 5.74) is 6.04. The molecule has 1 atom stereocenters. The number of aromatic nitrogens is 2. The van der Waals surface area contributed by atoms with Gasteiger partial charge in [0.05, 0.1) is 24.2 Å². The van der Waals surface area contributed by atoms with Crippen molar-refractivity contribution in [1.82, 2.24) is 9.97 Å². The Kier molecular flexibility index (Phi) is 4.92. The quantitative estimate of drug-likeness (QED) is 0.841. The summed E-state index contributed by atoms with van der Waals surface area (Å²) in [6.45, 7) is 13.6. The first-order valence-corrected chi connectivity index (χ1v) is 9.41. The molecule has 6 heteroatoms. The predicted molar refractivity (Wildman–Crippen MR) is 79.7 cm³/mol. The minimum absolute atomic E-state index is 0.0158. The van der Waals surface area contributed by atoms with E-state index in [9.17, 15) is 0 Å². The van der Waals surface area contributed by atoms with Gasteiger partial charge in [0.1, 0.15) is 6.61 Å². The molecule has 0 aliphatic carbocycles. The fourth-order valence-electron chi connectivity index (χ4n) is 1.31. The first-order chi connectivity index (χ1) is 8.62. The molecular formula is C13H25N3O2Si. The Balaban J connectivity index is 2.48. The van der Waals surface area contributed by atoms with E-state index in [0.29, 0.717) is 18.3 Å². The first-order valence-electron chi connectivity index (χ1n) is 6.50. The third-order valence-electron chi connectivity index (χ3n) is 3.40. The van der Waals surface area contributed by atoms with Crippen LogP contribution in [0.3, 0.4) is 0 Å². The fraction of sp³-hybridized carbons (Fsp3) is 0.692. The Hall–Kier alpha value is -1.14. The highest BCUT2D eigenvalue weighted by molar-refractivity contribution is 6.74. The Morgan fingerprint density at radius 2 is 1.79 bits per heavy atom. The number of anilines is 1. The van der Waals surface area contributed by atoms with E-state index in [1.165, 1.54) is 12.4 Å². The van der Waals surface area contributed by atoms with Crippen LogP contribution in [0.5, 0.6) is 6.01 Å². The number of hydrogen-bond donors (Lipinski definition) is 1. The van der Waals surface area contributed by atoms with Crippen LogP contribution < -0.4 is 10.5 Å². The zero-order valence-electron chi connectivity index (χ0n) is 12.7. The van der Waals surface area contributed by atoms with Crippen molar-refractivity contribution in [2.45, 2.75) is 51.9 Å². The lowest BCUT2D eigenvalue weighted by Gasteiger charge is -2.38. The van der Waals surface area contributed by atoms with Crippen molar-refractivity contribution in [1.29, 1.82) is 0 Å². The van der Waals surface area contributed by atoms with Crippen molar-refractivity contribution in [2.75, 3.05) is 12.3 Å². The van der Waals surface area contributed by atoms with E-state index in [1.807, 2.05) is 6.92 Å². The van der Waals surface area contributed by atoms with Gasteiger partial charge in [0.25, 0.3) is 0 Å². The predicted octanol–water partition coefficient (Wildman–Crippen LogP) is 2.85. The maximum atomic E-state index is 6.18. The molecule has 0 aliphatic rings. The number of nitrogens with zero attached hydrogens (tertiary/aromatic N) is 2. The third kappa shape index (κ3) is 4.79. The standard InChI is InChI=1S/C13H25N3O2Si/c1-10(18-19(5,6)13(2,3)4)9-17-12-15-7-11(14)8-16-12/h7-8,10H,9,14H2,1-6H3/t10-/m1/s1. The molecule has 0 unspecified atom stereocenters. The normalized spacial score (nSPS) is 14.2. The zero-order valence-corrected chi connectivity index (χ0v) is 13.7. The molecule has 1 rings (SSSR count). The van der Waals surface area contributed by atoms with Gasteiger partial charge < -0.3 is 14.9 Å². The second-order valence-corrected chi connectivity index (χ2v) is 11.1. The molecule has 1 aromatic heterocycles. The van der Waals surface area contributed by atoms with Crippen molar-refractivity contribution >= 4 is 14.0 Å². The van der Waals surface area contributed by atoms with Crippen LogP contribution in [0.2, 0.25) is 18.1 Å². The van der Waals surface area contributed by atoms with Gasteiger partial charge in [-0.2, -0.15) is 0 Å². The van der Waals surface area contributed by atoms with E-state index in [0.717, 1.165) is 0 Å². The van der Waals surface area contributed by atoms with Gasteiger partial charge in [-0.1, -0.05) is 20.8 Å². The van der Waals surface area contributed by atoms with Crippen molar-refractivity contribution in [3.05, 3.63) is 12.4 Å². The summed E-state index contributed by atoms with van der Waals surface area (Å²) in [5, 5.41) is 0.193. The van der Waals surface area contributed by atoms with Crippen LogP contribution in [0, 0.1) is 0 Å². The van der Waals surface area contributed by atoms with Gasteiger partial charge in [-0.05, 0) is 25.1 Å². The van der Waals surface area contributed by atoms with E-state index in [2.05, 4.69) is 43.8 Å². The summed E-state index contributed by atoms with van der Waals surface area (Å²) >= 11 is 0. The molecule has 0 radical (unpaired) electrons. The summed E-state index contributed by atoms with van der Waals surface area (Å²) in [6, 6.07) is 0.333. The second kappa shape index (κ2) is 5.88. The lowest BCUT2D eigenvalue weighted by atomic mass is 10.2. The molecule has 5 nitrogen and oxygen atoms in total. The molecule has 0 amide bonds. The Labute approximate surface area is 116 Å². The second-order valence-electron chi connectivity index (χ2n) is 6.30. The van der Waals surface area contributed by atoms with Gasteiger partial charge in [0.15, 0.2) is 8.32 Å². The molecular weight excluding hydrogens is 258 g/mol. The topological polar surface area (TPSA) is 70.3 Å².